The zero-order chi connectivity index (χ0) is 16.0. The molecule has 1 aliphatic heterocycles. The maximum Gasteiger partial charge on any atom is 0.124 e. The van der Waals surface area contributed by atoms with Crippen molar-refractivity contribution in [2.75, 3.05) is 13.7 Å². The minimum atomic E-state index is 0.109. The Labute approximate surface area is 151 Å². The lowest BCUT2D eigenvalue weighted by molar-refractivity contribution is 0.402. The predicted octanol–water partition coefficient (Wildman–Crippen LogP) is 4.94. The molecule has 5 heteroatoms. The zero-order valence-corrected chi connectivity index (χ0v) is 15.8. The number of hydrogen-bond acceptors (Lipinski definition) is 2. The van der Waals surface area contributed by atoms with E-state index in [0.29, 0.717) is 0 Å². The van der Waals surface area contributed by atoms with Crippen LogP contribution in [0.2, 0.25) is 0 Å². The van der Waals surface area contributed by atoms with Crippen molar-refractivity contribution in [3.05, 3.63) is 62.2 Å². The fourth-order valence-corrected chi connectivity index (χ4v) is 4.14. The van der Waals surface area contributed by atoms with E-state index in [0.717, 1.165) is 33.2 Å². The number of halogens is 2. The van der Waals surface area contributed by atoms with E-state index >= 15 is 0 Å². The molecule has 0 amide bonds. The lowest BCUT2D eigenvalue weighted by Gasteiger charge is -2.26. The van der Waals surface area contributed by atoms with Crippen LogP contribution in [-0.4, -0.2) is 18.6 Å². The summed E-state index contributed by atoms with van der Waals surface area (Å²) in [5.74, 6) is 0.901. The summed E-state index contributed by atoms with van der Waals surface area (Å²) in [7, 11) is 1.72. The van der Waals surface area contributed by atoms with Gasteiger partial charge in [-0.15, -0.1) is 0 Å². The molecule has 2 N–H and O–H groups in total. The first-order valence-corrected chi connectivity index (χ1v) is 9.13. The van der Waals surface area contributed by atoms with E-state index in [-0.39, 0.29) is 6.04 Å². The van der Waals surface area contributed by atoms with Gasteiger partial charge in [0.25, 0.3) is 0 Å². The number of ether oxygens (including phenoxy) is 1. The molecule has 1 unspecified atom stereocenters. The van der Waals surface area contributed by atoms with Crippen molar-refractivity contribution in [1.29, 1.82) is 0 Å². The van der Waals surface area contributed by atoms with Gasteiger partial charge < -0.3 is 15.0 Å². The Hall–Kier alpha value is -1.30. The van der Waals surface area contributed by atoms with Gasteiger partial charge in [0.15, 0.2) is 0 Å². The molecule has 3 aromatic rings. The number of aromatic nitrogens is 1. The van der Waals surface area contributed by atoms with Gasteiger partial charge in [0.1, 0.15) is 5.75 Å². The number of fused-ring (bicyclic) bond motifs is 3. The minimum absolute atomic E-state index is 0.109. The van der Waals surface area contributed by atoms with Crippen LogP contribution in [0.1, 0.15) is 22.9 Å². The van der Waals surface area contributed by atoms with E-state index in [4.69, 9.17) is 4.74 Å². The van der Waals surface area contributed by atoms with Crippen molar-refractivity contribution in [3.8, 4) is 5.75 Å². The van der Waals surface area contributed by atoms with Gasteiger partial charge in [-0.1, -0.05) is 31.9 Å². The first-order valence-electron chi connectivity index (χ1n) is 7.54. The van der Waals surface area contributed by atoms with Crippen molar-refractivity contribution in [3.63, 3.8) is 0 Å². The molecule has 0 radical (unpaired) electrons. The minimum Gasteiger partial charge on any atom is -0.496 e. The molecular weight excluding hydrogens is 420 g/mol. The van der Waals surface area contributed by atoms with Gasteiger partial charge in [-0.2, -0.15) is 0 Å². The molecule has 3 nitrogen and oxygen atoms in total. The maximum atomic E-state index is 5.58. The Bertz CT molecular complexity index is 888. The summed E-state index contributed by atoms with van der Waals surface area (Å²) in [6, 6.07) is 12.7. The normalized spacial score (nSPS) is 17.3. The summed E-state index contributed by atoms with van der Waals surface area (Å²) in [5, 5.41) is 4.93. The van der Waals surface area contributed by atoms with E-state index < -0.39 is 0 Å². The third kappa shape index (κ3) is 2.61. The molecule has 118 valence electrons. The van der Waals surface area contributed by atoms with Crippen molar-refractivity contribution >= 4 is 42.8 Å². The lowest BCUT2D eigenvalue weighted by Crippen LogP contribution is -2.30. The average molecular weight is 436 g/mol. The molecule has 0 fully saturated rings. The quantitative estimate of drug-likeness (QED) is 0.598. The molecule has 1 atom stereocenters. The second kappa shape index (κ2) is 5.96. The molecule has 23 heavy (non-hydrogen) atoms. The van der Waals surface area contributed by atoms with Crippen LogP contribution in [0.25, 0.3) is 10.9 Å². The van der Waals surface area contributed by atoms with Gasteiger partial charge in [0, 0.05) is 37.7 Å². The second-order valence-corrected chi connectivity index (χ2v) is 7.56. The van der Waals surface area contributed by atoms with Crippen LogP contribution in [0.4, 0.5) is 0 Å². The van der Waals surface area contributed by atoms with Gasteiger partial charge >= 0.3 is 0 Å². The number of benzene rings is 2. The number of nitrogens with one attached hydrogen (secondary N) is 2. The molecule has 0 saturated heterocycles. The SMILES string of the molecule is COc1ccc(Br)cc1C1NCCc2c1[nH]c1ccc(Br)cc21. The Balaban J connectivity index is 1.91. The van der Waals surface area contributed by atoms with Crippen LogP contribution in [0, 0.1) is 0 Å². The molecule has 4 rings (SSSR count). The highest BCUT2D eigenvalue weighted by molar-refractivity contribution is 9.10. The molecule has 2 aromatic carbocycles. The van der Waals surface area contributed by atoms with E-state index in [9.17, 15) is 0 Å². The van der Waals surface area contributed by atoms with E-state index in [1.165, 1.54) is 22.2 Å². The number of H-pyrrole nitrogens is 1. The van der Waals surface area contributed by atoms with Gasteiger partial charge in [-0.25, -0.2) is 0 Å². The second-order valence-electron chi connectivity index (χ2n) is 5.73. The van der Waals surface area contributed by atoms with Crippen LogP contribution in [0.5, 0.6) is 5.75 Å². The summed E-state index contributed by atoms with van der Waals surface area (Å²) in [5.41, 5.74) is 4.96. The van der Waals surface area contributed by atoms with Gasteiger partial charge in [-0.05, 0) is 48.4 Å². The van der Waals surface area contributed by atoms with Crippen LogP contribution in [0.15, 0.2) is 45.3 Å². The lowest BCUT2D eigenvalue weighted by atomic mass is 9.94. The highest BCUT2D eigenvalue weighted by Crippen LogP contribution is 2.38. The molecule has 2 heterocycles. The summed E-state index contributed by atoms with van der Waals surface area (Å²) >= 11 is 7.16. The summed E-state index contributed by atoms with van der Waals surface area (Å²) in [6.07, 6.45) is 1.03. The summed E-state index contributed by atoms with van der Waals surface area (Å²) in [6.45, 7) is 0.951. The first-order chi connectivity index (χ1) is 11.2. The molecule has 0 bridgehead atoms. The number of aromatic amines is 1. The average Bonchev–Trinajstić information content (AvgIpc) is 2.92. The van der Waals surface area contributed by atoms with Crippen molar-refractivity contribution in [2.45, 2.75) is 12.5 Å². The van der Waals surface area contributed by atoms with E-state index in [1.54, 1.807) is 7.11 Å². The van der Waals surface area contributed by atoms with E-state index in [2.05, 4.69) is 66.4 Å². The Kier molecular flexibility index (Phi) is 3.95. The van der Waals surface area contributed by atoms with Gasteiger partial charge in [-0.3, -0.25) is 0 Å². The maximum absolute atomic E-state index is 5.58. The first kappa shape index (κ1) is 15.2. The van der Waals surface area contributed by atoms with Crippen LogP contribution < -0.4 is 10.1 Å². The van der Waals surface area contributed by atoms with E-state index in [1.807, 2.05) is 12.1 Å². The Morgan fingerprint density at radius 2 is 1.87 bits per heavy atom. The summed E-state index contributed by atoms with van der Waals surface area (Å²) in [4.78, 5) is 3.61. The Morgan fingerprint density at radius 3 is 2.70 bits per heavy atom. The fourth-order valence-electron chi connectivity index (χ4n) is 3.40. The third-order valence-corrected chi connectivity index (χ3v) is 5.40. The van der Waals surface area contributed by atoms with Gasteiger partial charge in [0.2, 0.25) is 0 Å². The van der Waals surface area contributed by atoms with Crippen molar-refractivity contribution in [1.82, 2.24) is 10.3 Å². The van der Waals surface area contributed by atoms with Crippen molar-refractivity contribution in [2.24, 2.45) is 0 Å². The highest BCUT2D eigenvalue weighted by Gasteiger charge is 2.27. The molecule has 0 saturated carbocycles. The van der Waals surface area contributed by atoms with Crippen LogP contribution in [0.3, 0.4) is 0 Å². The zero-order valence-electron chi connectivity index (χ0n) is 12.6. The van der Waals surface area contributed by atoms with Crippen LogP contribution in [-0.2, 0) is 6.42 Å². The predicted molar refractivity (Wildman–Crippen MR) is 100 cm³/mol. The smallest absolute Gasteiger partial charge is 0.124 e. The third-order valence-electron chi connectivity index (χ3n) is 4.42. The topological polar surface area (TPSA) is 37.0 Å². The highest BCUT2D eigenvalue weighted by atomic mass is 79.9. The number of rotatable bonds is 2. The molecule has 1 aliphatic rings. The molecular formula is C18H16Br2N2O. The molecule has 0 spiro atoms. The monoisotopic (exact) mass is 434 g/mol. The fraction of sp³-hybridized carbons (Fsp3) is 0.222. The Morgan fingerprint density at radius 1 is 1.09 bits per heavy atom. The molecule has 1 aromatic heterocycles. The molecule has 0 aliphatic carbocycles. The number of methoxy groups -OCH3 is 1. The largest absolute Gasteiger partial charge is 0.496 e. The van der Waals surface area contributed by atoms with Crippen LogP contribution >= 0.6 is 31.9 Å². The standard InChI is InChI=1S/C18H16Br2N2O/c1-23-16-5-3-11(20)9-14(16)17-18-12(6-7-21-17)13-8-10(19)2-4-15(13)22-18/h2-5,8-9,17,21-22H,6-7H2,1H3. The van der Waals surface area contributed by atoms with Gasteiger partial charge in [0.05, 0.1) is 13.2 Å². The van der Waals surface area contributed by atoms with Crippen molar-refractivity contribution < 1.29 is 4.74 Å². The number of hydrogen-bond donors (Lipinski definition) is 2. The summed E-state index contributed by atoms with van der Waals surface area (Å²) < 4.78 is 7.75.